The first-order chi connectivity index (χ1) is 10.8. The molecule has 0 saturated carbocycles. The lowest BCUT2D eigenvalue weighted by atomic mass is 10.1. The van der Waals surface area contributed by atoms with Crippen LogP contribution in [0.25, 0.3) is 0 Å². The molecule has 0 aliphatic carbocycles. The summed E-state index contributed by atoms with van der Waals surface area (Å²) in [6.07, 6.45) is -0.281. The Morgan fingerprint density at radius 1 is 1.26 bits per heavy atom. The molecule has 0 bridgehead atoms. The fraction of sp³-hybridized carbons (Fsp3) is 0.588. The number of methoxy groups -OCH3 is 1. The fourth-order valence-electron chi connectivity index (χ4n) is 2.67. The van der Waals surface area contributed by atoms with Crippen LogP contribution >= 0.6 is 0 Å². The summed E-state index contributed by atoms with van der Waals surface area (Å²) in [4.78, 5) is 16.4. The van der Waals surface area contributed by atoms with E-state index in [1.165, 1.54) is 0 Å². The van der Waals surface area contributed by atoms with E-state index in [1.807, 2.05) is 45.0 Å². The number of rotatable bonds is 3. The summed E-state index contributed by atoms with van der Waals surface area (Å²) in [5.74, 6) is 0. The number of carbonyl (C=O) groups is 1. The highest BCUT2D eigenvalue weighted by atomic mass is 16.6. The van der Waals surface area contributed by atoms with Crippen molar-refractivity contribution in [2.75, 3.05) is 44.0 Å². The van der Waals surface area contributed by atoms with Crippen LogP contribution in [0.3, 0.4) is 0 Å². The maximum absolute atomic E-state index is 12.4. The number of nitrogen functional groups attached to an aromatic ring is 1. The highest BCUT2D eigenvalue weighted by molar-refractivity contribution is 5.69. The molecular formula is C17H27N3O3. The first-order valence-electron chi connectivity index (χ1n) is 7.89. The molecule has 6 heteroatoms. The van der Waals surface area contributed by atoms with Crippen LogP contribution in [0.1, 0.15) is 20.8 Å². The Hall–Kier alpha value is -1.95. The van der Waals surface area contributed by atoms with Gasteiger partial charge in [-0.15, -0.1) is 0 Å². The summed E-state index contributed by atoms with van der Waals surface area (Å²) in [7, 11) is 1.65. The van der Waals surface area contributed by atoms with Gasteiger partial charge in [0.1, 0.15) is 5.60 Å². The summed E-state index contributed by atoms with van der Waals surface area (Å²) in [5, 5.41) is 0. The monoisotopic (exact) mass is 321 g/mol. The molecule has 0 spiro atoms. The van der Waals surface area contributed by atoms with Gasteiger partial charge in [-0.3, -0.25) is 4.90 Å². The van der Waals surface area contributed by atoms with Crippen molar-refractivity contribution < 1.29 is 14.3 Å². The Labute approximate surface area is 138 Å². The van der Waals surface area contributed by atoms with E-state index in [2.05, 4.69) is 4.90 Å². The van der Waals surface area contributed by atoms with Gasteiger partial charge >= 0.3 is 6.09 Å². The van der Waals surface area contributed by atoms with Gasteiger partial charge in [-0.05, 0) is 45.0 Å². The van der Waals surface area contributed by atoms with Crippen LogP contribution in [0.4, 0.5) is 16.2 Å². The van der Waals surface area contributed by atoms with Gasteiger partial charge in [0, 0.05) is 38.1 Å². The molecule has 1 aliphatic rings. The van der Waals surface area contributed by atoms with Crippen LogP contribution in [-0.2, 0) is 9.47 Å². The molecule has 1 aromatic carbocycles. The molecule has 1 atom stereocenters. The summed E-state index contributed by atoms with van der Waals surface area (Å²) in [6.45, 7) is 8.17. The molecule has 128 valence electrons. The van der Waals surface area contributed by atoms with Crippen LogP contribution < -0.4 is 10.6 Å². The molecule has 0 unspecified atom stereocenters. The van der Waals surface area contributed by atoms with Gasteiger partial charge < -0.3 is 20.1 Å². The summed E-state index contributed by atoms with van der Waals surface area (Å²) >= 11 is 0. The molecule has 23 heavy (non-hydrogen) atoms. The molecule has 0 radical (unpaired) electrons. The number of hydrogen-bond acceptors (Lipinski definition) is 5. The highest BCUT2D eigenvalue weighted by Gasteiger charge is 2.33. The number of ether oxygens (including phenoxy) is 2. The van der Waals surface area contributed by atoms with Gasteiger partial charge in [0.2, 0.25) is 0 Å². The molecule has 1 saturated heterocycles. The van der Waals surface area contributed by atoms with E-state index in [1.54, 1.807) is 12.0 Å². The Balaban J connectivity index is 2.08. The standard InChI is InChI=1S/C17H27N3O3/c1-17(2,3)23-16(21)20-10-9-19(11-15(20)12-22-4)14-7-5-13(18)6-8-14/h5-8,15H,9-12,18H2,1-4H3/t15-/m1/s1. The smallest absolute Gasteiger partial charge is 0.410 e. The second-order valence-corrected chi connectivity index (χ2v) is 6.82. The quantitative estimate of drug-likeness (QED) is 0.866. The number of nitrogens with two attached hydrogens (primary N) is 1. The maximum Gasteiger partial charge on any atom is 0.410 e. The first kappa shape index (κ1) is 17.4. The third-order valence-corrected chi connectivity index (χ3v) is 3.73. The fourth-order valence-corrected chi connectivity index (χ4v) is 2.67. The Morgan fingerprint density at radius 3 is 2.48 bits per heavy atom. The zero-order valence-corrected chi connectivity index (χ0v) is 14.4. The van der Waals surface area contributed by atoms with Crippen LogP contribution in [0, 0.1) is 0 Å². The maximum atomic E-state index is 12.4. The molecule has 1 heterocycles. The minimum absolute atomic E-state index is 0.0406. The van der Waals surface area contributed by atoms with Crippen LogP contribution in [0.5, 0.6) is 0 Å². The van der Waals surface area contributed by atoms with Gasteiger partial charge in [-0.2, -0.15) is 0 Å². The van der Waals surface area contributed by atoms with E-state index in [9.17, 15) is 4.79 Å². The molecular weight excluding hydrogens is 294 g/mol. The number of hydrogen-bond donors (Lipinski definition) is 1. The number of piperazine rings is 1. The van der Waals surface area contributed by atoms with Crippen molar-refractivity contribution >= 4 is 17.5 Å². The number of nitrogens with zero attached hydrogens (tertiary/aromatic N) is 2. The number of benzene rings is 1. The van der Waals surface area contributed by atoms with Crippen LogP contribution in [0.2, 0.25) is 0 Å². The molecule has 1 aliphatic heterocycles. The first-order valence-corrected chi connectivity index (χ1v) is 7.89. The number of amides is 1. The zero-order valence-electron chi connectivity index (χ0n) is 14.4. The van der Waals surface area contributed by atoms with Crippen molar-refractivity contribution in [1.29, 1.82) is 0 Å². The molecule has 2 rings (SSSR count). The van der Waals surface area contributed by atoms with Gasteiger partial charge in [-0.1, -0.05) is 0 Å². The second-order valence-electron chi connectivity index (χ2n) is 6.82. The van der Waals surface area contributed by atoms with E-state index in [4.69, 9.17) is 15.2 Å². The summed E-state index contributed by atoms with van der Waals surface area (Å²) < 4.78 is 10.8. The Bertz CT molecular complexity index is 525. The highest BCUT2D eigenvalue weighted by Crippen LogP contribution is 2.22. The largest absolute Gasteiger partial charge is 0.444 e. The van der Waals surface area contributed by atoms with Crippen molar-refractivity contribution in [3.63, 3.8) is 0 Å². The molecule has 1 amide bonds. The van der Waals surface area contributed by atoms with Crippen LogP contribution in [0.15, 0.2) is 24.3 Å². The van der Waals surface area contributed by atoms with Crippen molar-refractivity contribution in [2.45, 2.75) is 32.4 Å². The van der Waals surface area contributed by atoms with Gasteiger partial charge in [0.25, 0.3) is 0 Å². The third kappa shape index (κ3) is 4.76. The minimum Gasteiger partial charge on any atom is -0.444 e. The van der Waals surface area contributed by atoms with E-state index in [0.29, 0.717) is 19.7 Å². The molecule has 6 nitrogen and oxygen atoms in total. The topological polar surface area (TPSA) is 68.0 Å². The SMILES string of the molecule is COC[C@H]1CN(c2ccc(N)cc2)CCN1C(=O)OC(C)(C)C. The van der Waals surface area contributed by atoms with E-state index in [-0.39, 0.29) is 12.1 Å². The predicted octanol–water partition coefficient (Wildman–Crippen LogP) is 2.34. The van der Waals surface area contributed by atoms with E-state index in [0.717, 1.165) is 17.9 Å². The lowest BCUT2D eigenvalue weighted by molar-refractivity contribution is 0.00344. The Kier molecular flexibility index (Phi) is 5.36. The predicted molar refractivity (Wildman–Crippen MR) is 91.7 cm³/mol. The van der Waals surface area contributed by atoms with Crippen molar-refractivity contribution in [1.82, 2.24) is 4.90 Å². The number of carbonyl (C=O) groups excluding carboxylic acids is 1. The van der Waals surface area contributed by atoms with E-state index >= 15 is 0 Å². The van der Waals surface area contributed by atoms with Gasteiger partial charge in [0.15, 0.2) is 0 Å². The van der Waals surface area contributed by atoms with Gasteiger partial charge in [-0.25, -0.2) is 4.79 Å². The third-order valence-electron chi connectivity index (χ3n) is 3.73. The molecule has 1 aromatic rings. The van der Waals surface area contributed by atoms with E-state index < -0.39 is 5.60 Å². The normalized spacial score (nSPS) is 18.9. The molecule has 0 aromatic heterocycles. The lowest BCUT2D eigenvalue weighted by Crippen LogP contribution is -2.57. The lowest BCUT2D eigenvalue weighted by Gasteiger charge is -2.42. The number of anilines is 2. The second kappa shape index (κ2) is 7.08. The minimum atomic E-state index is -0.497. The Morgan fingerprint density at radius 2 is 1.91 bits per heavy atom. The van der Waals surface area contributed by atoms with Crippen molar-refractivity contribution in [2.24, 2.45) is 0 Å². The zero-order chi connectivity index (χ0) is 17.0. The molecule has 2 N–H and O–H groups in total. The average Bonchev–Trinajstić information content (AvgIpc) is 2.46. The van der Waals surface area contributed by atoms with Crippen LogP contribution in [-0.4, -0.2) is 56.0 Å². The average molecular weight is 321 g/mol. The van der Waals surface area contributed by atoms with Crippen molar-refractivity contribution in [3.8, 4) is 0 Å². The van der Waals surface area contributed by atoms with Crippen molar-refractivity contribution in [3.05, 3.63) is 24.3 Å². The van der Waals surface area contributed by atoms with Gasteiger partial charge in [0.05, 0.1) is 12.6 Å². The summed E-state index contributed by atoms with van der Waals surface area (Å²) in [6, 6.07) is 7.74. The molecule has 1 fully saturated rings. The summed E-state index contributed by atoms with van der Waals surface area (Å²) in [5.41, 5.74) is 7.09.